The first-order chi connectivity index (χ1) is 11.7. The zero-order valence-electron chi connectivity index (χ0n) is 16.0. The Bertz CT molecular complexity index is 687. The predicted octanol–water partition coefficient (Wildman–Crippen LogP) is 3.62. The van der Waals surface area contributed by atoms with E-state index in [-0.39, 0.29) is 23.0 Å². The number of phenols is 1. The molecule has 3 nitrogen and oxygen atoms in total. The summed E-state index contributed by atoms with van der Waals surface area (Å²) in [6.07, 6.45) is 5.72. The van der Waals surface area contributed by atoms with Gasteiger partial charge >= 0.3 is 0 Å². The number of aliphatic hydroxyl groups is 1. The fourth-order valence-electron chi connectivity index (χ4n) is 5.64. The number of hydrogen-bond acceptors (Lipinski definition) is 3. The van der Waals surface area contributed by atoms with Gasteiger partial charge < -0.3 is 14.9 Å². The molecular formula is C19H26O3. The molecule has 0 bridgehead atoms. The Labute approximate surface area is 136 Å². The van der Waals surface area contributed by atoms with Crippen molar-refractivity contribution >= 4 is 0 Å². The molecule has 2 saturated carbocycles. The Morgan fingerprint density at radius 2 is 2.14 bits per heavy atom. The van der Waals surface area contributed by atoms with Gasteiger partial charge in [0.05, 0.1) is 17.3 Å². The molecule has 0 spiro atoms. The minimum atomic E-state index is -2.57. The van der Waals surface area contributed by atoms with E-state index in [1.807, 2.05) is 0 Å². The standard InChI is InChI=1S/C19H26O3/c1-19-8-7-12-13(15(19)5-6-18(19)21)4-3-11-9-16(20)17(22-2)10-14(11)12/h9-10,12-13,15,18,20-21H,3-8H2,1-2H3/t12-,13+,15-,18-,19-/m0/s1/i2D3. The number of ether oxygens (including phenoxy) is 1. The van der Waals surface area contributed by atoms with Crippen LogP contribution < -0.4 is 4.74 Å². The minimum absolute atomic E-state index is 0.0214. The molecule has 1 aromatic carbocycles. The molecule has 2 N–H and O–H groups in total. The van der Waals surface area contributed by atoms with Gasteiger partial charge in [0.2, 0.25) is 0 Å². The summed E-state index contributed by atoms with van der Waals surface area (Å²) in [7, 11) is -2.57. The number of aryl methyl sites for hydroxylation is 1. The Morgan fingerprint density at radius 1 is 1.27 bits per heavy atom. The van der Waals surface area contributed by atoms with Crippen molar-refractivity contribution in [2.45, 2.75) is 57.5 Å². The van der Waals surface area contributed by atoms with E-state index in [4.69, 9.17) is 8.85 Å². The minimum Gasteiger partial charge on any atom is -0.504 e. The summed E-state index contributed by atoms with van der Waals surface area (Å²) in [5.74, 6) is 1.37. The van der Waals surface area contributed by atoms with E-state index in [1.165, 1.54) is 0 Å². The van der Waals surface area contributed by atoms with Crippen LogP contribution in [-0.4, -0.2) is 23.4 Å². The fraction of sp³-hybridized carbons (Fsp3) is 0.684. The molecule has 0 aliphatic heterocycles. The number of aliphatic hydroxyl groups excluding tert-OH is 1. The van der Waals surface area contributed by atoms with Crippen LogP contribution in [0.3, 0.4) is 0 Å². The van der Waals surface area contributed by atoms with Crippen LogP contribution in [0.5, 0.6) is 11.5 Å². The molecule has 0 radical (unpaired) electrons. The van der Waals surface area contributed by atoms with Crippen molar-refractivity contribution in [3.05, 3.63) is 23.3 Å². The van der Waals surface area contributed by atoms with Crippen LogP contribution >= 0.6 is 0 Å². The number of phenolic OH excluding ortho intramolecular Hbond substituents is 1. The van der Waals surface area contributed by atoms with Gasteiger partial charge in [-0.3, -0.25) is 0 Å². The third-order valence-corrected chi connectivity index (χ3v) is 6.86. The number of methoxy groups -OCH3 is 1. The molecule has 0 aromatic heterocycles. The van der Waals surface area contributed by atoms with Gasteiger partial charge in [-0.15, -0.1) is 0 Å². The Hall–Kier alpha value is -1.22. The van der Waals surface area contributed by atoms with Crippen LogP contribution in [0, 0.1) is 17.3 Å². The van der Waals surface area contributed by atoms with E-state index in [0.29, 0.717) is 17.8 Å². The first kappa shape index (κ1) is 11.3. The number of aromatic hydroxyl groups is 1. The molecule has 2 fully saturated rings. The quantitative estimate of drug-likeness (QED) is 0.833. The van der Waals surface area contributed by atoms with Gasteiger partial charge in [0.15, 0.2) is 11.5 Å². The number of fused-ring (bicyclic) bond motifs is 5. The number of rotatable bonds is 1. The molecule has 3 heteroatoms. The number of hydrogen-bond donors (Lipinski definition) is 2. The first-order valence-electron chi connectivity index (χ1n) is 9.92. The summed E-state index contributed by atoms with van der Waals surface area (Å²) in [4.78, 5) is 0. The summed E-state index contributed by atoms with van der Waals surface area (Å²) in [5, 5.41) is 20.6. The van der Waals surface area contributed by atoms with Crippen LogP contribution in [0.1, 0.15) is 60.2 Å². The highest BCUT2D eigenvalue weighted by molar-refractivity contribution is 5.49. The molecule has 0 amide bonds. The third kappa shape index (κ3) is 1.84. The molecule has 0 saturated heterocycles. The van der Waals surface area contributed by atoms with Gasteiger partial charge in [0.25, 0.3) is 0 Å². The molecule has 4 rings (SSSR count). The molecule has 5 atom stereocenters. The topological polar surface area (TPSA) is 49.7 Å². The second-order valence-corrected chi connectivity index (χ2v) is 7.67. The van der Waals surface area contributed by atoms with Crippen molar-refractivity contribution in [2.75, 3.05) is 7.04 Å². The second-order valence-electron chi connectivity index (χ2n) is 7.67. The van der Waals surface area contributed by atoms with E-state index < -0.39 is 7.04 Å². The van der Waals surface area contributed by atoms with Crippen molar-refractivity contribution in [2.24, 2.45) is 17.3 Å². The summed E-state index contributed by atoms with van der Waals surface area (Å²) in [6.45, 7) is 2.24. The van der Waals surface area contributed by atoms with Crippen LogP contribution in [0.25, 0.3) is 0 Å². The third-order valence-electron chi connectivity index (χ3n) is 6.86. The van der Waals surface area contributed by atoms with Gasteiger partial charge in [0.1, 0.15) is 0 Å². The highest BCUT2D eigenvalue weighted by Crippen LogP contribution is 2.61. The summed E-state index contributed by atoms with van der Waals surface area (Å²) >= 11 is 0. The average Bonchev–Trinajstić information content (AvgIpc) is 2.82. The van der Waals surface area contributed by atoms with E-state index in [1.54, 1.807) is 12.1 Å². The lowest BCUT2D eigenvalue weighted by atomic mass is 9.55. The van der Waals surface area contributed by atoms with Gasteiger partial charge in [-0.1, -0.05) is 6.92 Å². The second kappa shape index (κ2) is 4.89. The van der Waals surface area contributed by atoms with Crippen LogP contribution in [-0.2, 0) is 6.42 Å². The van der Waals surface area contributed by atoms with Crippen LogP contribution in [0.15, 0.2) is 12.1 Å². The lowest BCUT2D eigenvalue weighted by Crippen LogP contribution is -2.43. The normalized spacial score (nSPS) is 42.4. The van der Waals surface area contributed by atoms with E-state index >= 15 is 0 Å². The SMILES string of the molecule is [2H]C([2H])([2H])Oc1cc2c(cc1O)CC[C@@H]1[C@@H]2CC[C@]2(C)[C@@H](O)CC[C@@H]12. The molecule has 3 aliphatic rings. The van der Waals surface area contributed by atoms with Gasteiger partial charge in [-0.05, 0) is 85.0 Å². The summed E-state index contributed by atoms with van der Waals surface area (Å²) in [5.41, 5.74) is 2.27. The van der Waals surface area contributed by atoms with Gasteiger partial charge in [-0.25, -0.2) is 0 Å². The molecule has 22 heavy (non-hydrogen) atoms. The molecule has 120 valence electrons. The maximum absolute atomic E-state index is 10.5. The largest absolute Gasteiger partial charge is 0.504 e. The lowest BCUT2D eigenvalue weighted by Gasteiger charge is -2.50. The Kier molecular flexibility index (Phi) is 2.52. The van der Waals surface area contributed by atoms with Gasteiger partial charge in [-0.2, -0.15) is 0 Å². The molecule has 3 aliphatic carbocycles. The van der Waals surface area contributed by atoms with Crippen molar-refractivity contribution in [3.8, 4) is 11.5 Å². The van der Waals surface area contributed by atoms with E-state index in [0.717, 1.165) is 49.7 Å². The number of benzene rings is 1. The fourth-order valence-corrected chi connectivity index (χ4v) is 5.64. The monoisotopic (exact) mass is 305 g/mol. The maximum atomic E-state index is 10.5. The molecular weight excluding hydrogens is 276 g/mol. The maximum Gasteiger partial charge on any atom is 0.160 e. The summed E-state index contributed by atoms with van der Waals surface area (Å²) in [6, 6.07) is 3.44. The van der Waals surface area contributed by atoms with Crippen molar-refractivity contribution in [1.29, 1.82) is 0 Å². The van der Waals surface area contributed by atoms with Crippen LogP contribution in [0.2, 0.25) is 0 Å². The smallest absolute Gasteiger partial charge is 0.160 e. The first-order valence-corrected chi connectivity index (χ1v) is 8.42. The van der Waals surface area contributed by atoms with E-state index in [9.17, 15) is 10.2 Å². The van der Waals surface area contributed by atoms with Gasteiger partial charge in [0, 0.05) is 0 Å². The van der Waals surface area contributed by atoms with Crippen molar-refractivity contribution in [3.63, 3.8) is 0 Å². The highest BCUT2D eigenvalue weighted by atomic mass is 16.5. The Morgan fingerprint density at radius 3 is 2.95 bits per heavy atom. The summed E-state index contributed by atoms with van der Waals surface area (Å²) < 4.78 is 26.9. The molecule has 0 unspecified atom stereocenters. The predicted molar refractivity (Wildman–Crippen MR) is 85.3 cm³/mol. The van der Waals surface area contributed by atoms with E-state index in [2.05, 4.69) is 6.92 Å². The molecule has 0 heterocycles. The highest BCUT2D eigenvalue weighted by Gasteiger charge is 2.54. The Balaban J connectivity index is 1.69. The van der Waals surface area contributed by atoms with Crippen molar-refractivity contribution < 1.29 is 19.1 Å². The average molecular weight is 305 g/mol. The molecule has 1 aromatic rings. The van der Waals surface area contributed by atoms with Crippen LogP contribution in [0.4, 0.5) is 0 Å². The zero-order valence-corrected chi connectivity index (χ0v) is 13.0. The van der Waals surface area contributed by atoms with Crippen molar-refractivity contribution in [1.82, 2.24) is 0 Å². The lowest BCUT2D eigenvalue weighted by molar-refractivity contribution is -0.0226. The zero-order chi connectivity index (χ0) is 18.0.